The monoisotopic (exact) mass is 221 g/mol. The van der Waals surface area contributed by atoms with Gasteiger partial charge in [0, 0.05) is 0 Å². The number of H-pyrrole nitrogens is 1. The first kappa shape index (κ1) is 10.1. The smallest absolute Gasteiger partial charge is 0.246 e. The van der Waals surface area contributed by atoms with E-state index < -0.39 is 0 Å². The number of hydrogen-bond acceptors (Lipinski definition) is 5. The molecule has 1 amide bonds. The molecule has 0 saturated heterocycles. The molecule has 2 aromatic rings. The lowest BCUT2D eigenvalue weighted by molar-refractivity contribution is -0.116. The summed E-state index contributed by atoms with van der Waals surface area (Å²) in [5.41, 5.74) is 6.82. The molecule has 0 atom stereocenters. The minimum atomic E-state index is -0.214. The zero-order valence-corrected chi connectivity index (χ0v) is 8.64. The summed E-state index contributed by atoms with van der Waals surface area (Å²) >= 11 is 0. The number of aryl methyl sites for hydroxylation is 1. The van der Waals surface area contributed by atoms with Crippen LogP contribution in [0.5, 0.6) is 0 Å². The predicted octanol–water partition coefficient (Wildman–Crippen LogP) is -0.469. The van der Waals surface area contributed by atoms with Crippen LogP contribution in [0.1, 0.15) is 5.69 Å². The SMILES string of the molecule is Cc1[nH]ncc1NC(=O)Cn1cc(N)nn1. The summed E-state index contributed by atoms with van der Waals surface area (Å²) in [6, 6.07) is 0. The van der Waals surface area contributed by atoms with Gasteiger partial charge in [0.05, 0.1) is 23.8 Å². The van der Waals surface area contributed by atoms with E-state index in [4.69, 9.17) is 5.73 Å². The van der Waals surface area contributed by atoms with E-state index in [2.05, 4.69) is 25.8 Å². The fourth-order valence-corrected chi connectivity index (χ4v) is 1.20. The van der Waals surface area contributed by atoms with Gasteiger partial charge >= 0.3 is 0 Å². The van der Waals surface area contributed by atoms with E-state index in [9.17, 15) is 4.79 Å². The first-order chi connectivity index (χ1) is 7.65. The molecule has 8 nitrogen and oxygen atoms in total. The standard InChI is InChI=1S/C8H11N7O/c1-5-6(2-10-12-5)11-8(16)4-15-3-7(9)13-14-15/h2-3H,4,9H2,1H3,(H,10,12)(H,11,16). The molecule has 0 aromatic carbocycles. The summed E-state index contributed by atoms with van der Waals surface area (Å²) in [6.07, 6.45) is 3.03. The van der Waals surface area contributed by atoms with Gasteiger partial charge in [-0.05, 0) is 6.92 Å². The minimum absolute atomic E-state index is 0.0643. The van der Waals surface area contributed by atoms with Gasteiger partial charge < -0.3 is 11.1 Å². The van der Waals surface area contributed by atoms with Gasteiger partial charge in [-0.15, -0.1) is 5.10 Å². The van der Waals surface area contributed by atoms with E-state index in [0.29, 0.717) is 5.69 Å². The summed E-state index contributed by atoms with van der Waals surface area (Å²) in [6.45, 7) is 1.88. The second-order valence-electron chi connectivity index (χ2n) is 3.30. The lowest BCUT2D eigenvalue weighted by Crippen LogP contribution is -2.19. The Balaban J connectivity index is 1.97. The van der Waals surface area contributed by atoms with Crippen molar-refractivity contribution in [2.24, 2.45) is 0 Å². The maximum absolute atomic E-state index is 11.6. The van der Waals surface area contributed by atoms with Crippen molar-refractivity contribution in [2.45, 2.75) is 13.5 Å². The van der Waals surface area contributed by atoms with Crippen LogP contribution in [0.3, 0.4) is 0 Å². The predicted molar refractivity (Wildman–Crippen MR) is 56.4 cm³/mol. The quantitative estimate of drug-likeness (QED) is 0.648. The van der Waals surface area contributed by atoms with Gasteiger partial charge in [0.15, 0.2) is 5.82 Å². The van der Waals surface area contributed by atoms with Crippen LogP contribution >= 0.6 is 0 Å². The molecule has 2 aromatic heterocycles. The molecule has 0 aliphatic carbocycles. The molecule has 0 radical (unpaired) electrons. The number of aromatic nitrogens is 5. The second-order valence-corrected chi connectivity index (χ2v) is 3.30. The first-order valence-electron chi connectivity index (χ1n) is 4.60. The summed E-state index contributed by atoms with van der Waals surface area (Å²) in [5.74, 6) is 0.0710. The van der Waals surface area contributed by atoms with Crippen LogP contribution in [-0.2, 0) is 11.3 Å². The van der Waals surface area contributed by atoms with Crippen molar-refractivity contribution < 1.29 is 4.79 Å². The molecule has 16 heavy (non-hydrogen) atoms. The molecule has 0 unspecified atom stereocenters. The Labute approximate surface area is 90.8 Å². The van der Waals surface area contributed by atoms with E-state index in [1.165, 1.54) is 10.9 Å². The first-order valence-corrected chi connectivity index (χ1v) is 4.60. The summed E-state index contributed by atoms with van der Waals surface area (Å²) in [5, 5.41) is 16.4. The summed E-state index contributed by atoms with van der Waals surface area (Å²) in [4.78, 5) is 11.6. The average Bonchev–Trinajstić information content (AvgIpc) is 2.77. The molecule has 0 aliphatic rings. The van der Waals surface area contributed by atoms with Crippen LogP contribution in [0.25, 0.3) is 0 Å². The van der Waals surface area contributed by atoms with Crippen molar-refractivity contribution in [3.05, 3.63) is 18.1 Å². The second kappa shape index (κ2) is 4.01. The van der Waals surface area contributed by atoms with Crippen LogP contribution in [0.2, 0.25) is 0 Å². The zero-order chi connectivity index (χ0) is 11.5. The maximum atomic E-state index is 11.6. The van der Waals surface area contributed by atoms with Crippen molar-refractivity contribution in [3.63, 3.8) is 0 Å². The van der Waals surface area contributed by atoms with Crippen molar-refractivity contribution in [1.29, 1.82) is 0 Å². The van der Waals surface area contributed by atoms with Gasteiger partial charge in [0.1, 0.15) is 6.54 Å². The molecule has 0 aliphatic heterocycles. The Hall–Kier alpha value is -2.38. The van der Waals surface area contributed by atoms with Crippen LogP contribution in [0.15, 0.2) is 12.4 Å². The number of rotatable bonds is 3. The van der Waals surface area contributed by atoms with E-state index in [1.54, 1.807) is 6.20 Å². The van der Waals surface area contributed by atoms with Gasteiger partial charge in [-0.3, -0.25) is 9.89 Å². The van der Waals surface area contributed by atoms with Crippen LogP contribution in [-0.4, -0.2) is 31.1 Å². The molecule has 84 valence electrons. The van der Waals surface area contributed by atoms with Crippen molar-refractivity contribution in [1.82, 2.24) is 25.2 Å². The van der Waals surface area contributed by atoms with Crippen LogP contribution in [0.4, 0.5) is 11.5 Å². The molecule has 8 heteroatoms. The summed E-state index contributed by atoms with van der Waals surface area (Å²) < 4.78 is 1.36. The topological polar surface area (TPSA) is 115 Å². The molecule has 0 saturated carbocycles. The van der Waals surface area contributed by atoms with Gasteiger partial charge in [0.25, 0.3) is 0 Å². The Morgan fingerprint density at radius 1 is 1.69 bits per heavy atom. The number of hydrogen-bond donors (Lipinski definition) is 3. The highest BCUT2D eigenvalue weighted by Gasteiger charge is 2.07. The normalized spacial score (nSPS) is 10.3. The van der Waals surface area contributed by atoms with E-state index in [1.807, 2.05) is 6.92 Å². The third-order valence-corrected chi connectivity index (χ3v) is 1.97. The third-order valence-electron chi connectivity index (χ3n) is 1.97. The number of nitrogens with one attached hydrogen (secondary N) is 2. The highest BCUT2D eigenvalue weighted by molar-refractivity contribution is 5.90. The Bertz CT molecular complexity index is 500. The lowest BCUT2D eigenvalue weighted by atomic mass is 10.4. The molecular weight excluding hydrogens is 210 g/mol. The van der Waals surface area contributed by atoms with Crippen molar-refractivity contribution >= 4 is 17.4 Å². The number of nitrogens with zero attached hydrogens (tertiary/aromatic N) is 4. The van der Waals surface area contributed by atoms with Crippen molar-refractivity contribution in [3.8, 4) is 0 Å². The summed E-state index contributed by atoms with van der Waals surface area (Å²) in [7, 11) is 0. The number of anilines is 2. The van der Waals surface area contributed by atoms with Gasteiger partial charge in [0.2, 0.25) is 5.91 Å². The van der Waals surface area contributed by atoms with E-state index in [-0.39, 0.29) is 18.3 Å². The average molecular weight is 221 g/mol. The fraction of sp³-hybridized carbons (Fsp3) is 0.250. The zero-order valence-electron chi connectivity index (χ0n) is 8.64. The van der Waals surface area contributed by atoms with Gasteiger partial charge in [-0.1, -0.05) is 5.21 Å². The largest absolute Gasteiger partial charge is 0.381 e. The number of nitrogen functional groups attached to an aromatic ring is 1. The molecule has 0 bridgehead atoms. The van der Waals surface area contributed by atoms with E-state index in [0.717, 1.165) is 5.69 Å². The molecule has 2 rings (SSSR count). The van der Waals surface area contributed by atoms with Crippen molar-refractivity contribution in [2.75, 3.05) is 11.1 Å². The highest BCUT2D eigenvalue weighted by Crippen LogP contribution is 2.09. The number of nitrogens with two attached hydrogens (primary N) is 1. The molecule has 4 N–H and O–H groups in total. The Kier molecular flexibility index (Phi) is 2.54. The minimum Gasteiger partial charge on any atom is -0.381 e. The van der Waals surface area contributed by atoms with Gasteiger partial charge in [-0.25, -0.2) is 4.68 Å². The molecule has 0 spiro atoms. The molecule has 0 fully saturated rings. The molecule has 2 heterocycles. The number of carbonyl (C=O) groups is 1. The number of aromatic amines is 1. The van der Waals surface area contributed by atoms with Crippen LogP contribution < -0.4 is 11.1 Å². The van der Waals surface area contributed by atoms with E-state index >= 15 is 0 Å². The lowest BCUT2D eigenvalue weighted by Gasteiger charge is -2.02. The Morgan fingerprint density at radius 3 is 3.06 bits per heavy atom. The highest BCUT2D eigenvalue weighted by atomic mass is 16.2. The molecular formula is C8H11N7O. The maximum Gasteiger partial charge on any atom is 0.246 e. The fourth-order valence-electron chi connectivity index (χ4n) is 1.20. The van der Waals surface area contributed by atoms with Gasteiger partial charge in [-0.2, -0.15) is 5.10 Å². The number of carbonyl (C=O) groups excluding carboxylic acids is 1. The van der Waals surface area contributed by atoms with Crippen LogP contribution in [0, 0.1) is 6.92 Å². The number of amides is 1. The third kappa shape index (κ3) is 2.16. The Morgan fingerprint density at radius 2 is 2.50 bits per heavy atom.